The summed E-state index contributed by atoms with van der Waals surface area (Å²) in [5.41, 5.74) is 2.81. The van der Waals surface area contributed by atoms with Gasteiger partial charge in [0.15, 0.2) is 0 Å². The number of nitrogens with one attached hydrogen (secondary N) is 2. The zero-order valence-corrected chi connectivity index (χ0v) is 14.0. The van der Waals surface area contributed by atoms with Crippen LogP contribution in [-0.4, -0.2) is 57.1 Å². The summed E-state index contributed by atoms with van der Waals surface area (Å²) in [6.07, 6.45) is 8.11. The number of hydrogen-bond acceptors (Lipinski definition) is 5. The molecule has 1 atom stereocenters. The zero-order chi connectivity index (χ0) is 17.1. The van der Waals surface area contributed by atoms with Crippen molar-refractivity contribution < 1.29 is 0 Å². The highest BCUT2D eigenvalue weighted by atomic mass is 15.2. The molecule has 0 bridgehead atoms. The van der Waals surface area contributed by atoms with Gasteiger partial charge in [-0.15, -0.1) is 0 Å². The fraction of sp³-hybridized carbons (Fsp3) is 0.389. The standard InChI is InChI=1S/C18H21N7/c19-4-1-15(12-24-9-6-20-7-10-24)25-8-3-14(11-25)17-16-2-5-21-18(16)23-13-22-17/h2-3,5,8,11,13,15,20H,1,6-7,9-10,12H2,(H,21,22,23). The molecule has 1 fully saturated rings. The Morgan fingerprint density at radius 3 is 2.96 bits per heavy atom. The molecule has 0 saturated carbocycles. The second-order valence-corrected chi connectivity index (χ2v) is 6.38. The van der Waals surface area contributed by atoms with E-state index in [2.05, 4.69) is 54.3 Å². The molecule has 1 saturated heterocycles. The molecule has 1 aliphatic heterocycles. The molecule has 128 valence electrons. The third kappa shape index (κ3) is 3.27. The van der Waals surface area contributed by atoms with Gasteiger partial charge in [0.2, 0.25) is 0 Å². The molecule has 0 amide bonds. The number of fused-ring (bicyclic) bond motifs is 1. The molecule has 2 N–H and O–H groups in total. The number of hydrogen-bond donors (Lipinski definition) is 2. The molecule has 4 heterocycles. The Morgan fingerprint density at radius 2 is 2.12 bits per heavy atom. The Hall–Kier alpha value is -2.69. The van der Waals surface area contributed by atoms with E-state index in [1.165, 1.54) is 0 Å². The van der Waals surface area contributed by atoms with Gasteiger partial charge in [-0.25, -0.2) is 9.97 Å². The maximum absolute atomic E-state index is 9.25. The molecule has 3 aromatic heterocycles. The minimum absolute atomic E-state index is 0.153. The highest BCUT2D eigenvalue weighted by Gasteiger charge is 2.18. The van der Waals surface area contributed by atoms with E-state index >= 15 is 0 Å². The van der Waals surface area contributed by atoms with Crippen LogP contribution in [0.15, 0.2) is 37.1 Å². The maximum atomic E-state index is 9.25. The molecule has 25 heavy (non-hydrogen) atoms. The summed E-state index contributed by atoms with van der Waals surface area (Å²) in [6.45, 7) is 5.00. The van der Waals surface area contributed by atoms with Gasteiger partial charge in [-0.3, -0.25) is 4.90 Å². The van der Waals surface area contributed by atoms with Crippen LogP contribution < -0.4 is 5.32 Å². The Morgan fingerprint density at radius 1 is 1.24 bits per heavy atom. The third-order valence-corrected chi connectivity index (χ3v) is 4.77. The van der Waals surface area contributed by atoms with Crippen molar-refractivity contribution in [2.24, 2.45) is 0 Å². The van der Waals surface area contributed by atoms with Gasteiger partial charge in [0, 0.05) is 62.3 Å². The van der Waals surface area contributed by atoms with E-state index in [4.69, 9.17) is 0 Å². The van der Waals surface area contributed by atoms with Gasteiger partial charge in [0.1, 0.15) is 12.0 Å². The molecular formula is C18H21N7. The first-order valence-electron chi connectivity index (χ1n) is 8.61. The zero-order valence-electron chi connectivity index (χ0n) is 14.0. The van der Waals surface area contributed by atoms with Crippen LogP contribution in [-0.2, 0) is 0 Å². The smallest absolute Gasteiger partial charge is 0.141 e. The van der Waals surface area contributed by atoms with Gasteiger partial charge in [-0.05, 0) is 12.1 Å². The molecule has 0 spiro atoms. The summed E-state index contributed by atoms with van der Waals surface area (Å²) in [5, 5.41) is 13.6. The van der Waals surface area contributed by atoms with Crippen LogP contribution in [0.4, 0.5) is 0 Å². The topological polar surface area (TPSA) is 85.6 Å². The highest BCUT2D eigenvalue weighted by molar-refractivity contribution is 5.90. The van der Waals surface area contributed by atoms with Gasteiger partial charge in [0.25, 0.3) is 0 Å². The third-order valence-electron chi connectivity index (χ3n) is 4.77. The molecular weight excluding hydrogens is 314 g/mol. The SMILES string of the molecule is N#CCC(CN1CCNCC1)n1ccc(-c2ncnc3[nH]ccc23)c1. The maximum Gasteiger partial charge on any atom is 0.141 e. The molecule has 1 aliphatic rings. The summed E-state index contributed by atoms with van der Waals surface area (Å²) in [6, 6.07) is 6.55. The quantitative estimate of drug-likeness (QED) is 0.742. The number of nitriles is 1. The van der Waals surface area contributed by atoms with Gasteiger partial charge < -0.3 is 14.9 Å². The number of piperazine rings is 1. The van der Waals surface area contributed by atoms with Gasteiger partial charge in [0.05, 0.1) is 24.2 Å². The van der Waals surface area contributed by atoms with Crippen LogP contribution in [0.5, 0.6) is 0 Å². The molecule has 4 rings (SSSR count). The summed E-state index contributed by atoms with van der Waals surface area (Å²) in [7, 11) is 0. The van der Waals surface area contributed by atoms with Crippen LogP contribution in [0.3, 0.4) is 0 Å². The minimum Gasteiger partial charge on any atom is -0.348 e. The van der Waals surface area contributed by atoms with Crippen LogP contribution in [0.25, 0.3) is 22.3 Å². The number of aromatic amines is 1. The molecule has 0 aliphatic carbocycles. The minimum atomic E-state index is 0.153. The first kappa shape index (κ1) is 15.8. The molecule has 0 aromatic carbocycles. The van der Waals surface area contributed by atoms with Crippen molar-refractivity contribution in [3.8, 4) is 17.3 Å². The Bertz CT molecular complexity index is 882. The fourth-order valence-electron chi connectivity index (χ4n) is 3.44. The lowest BCUT2D eigenvalue weighted by Gasteiger charge is -2.30. The lowest BCUT2D eigenvalue weighted by atomic mass is 10.1. The Balaban J connectivity index is 1.59. The predicted octanol–water partition coefficient (Wildman–Crippen LogP) is 1.79. The lowest BCUT2D eigenvalue weighted by Crippen LogP contribution is -2.45. The molecule has 1 unspecified atom stereocenters. The summed E-state index contributed by atoms with van der Waals surface area (Å²) < 4.78 is 2.15. The molecule has 7 nitrogen and oxygen atoms in total. The molecule has 7 heteroatoms. The summed E-state index contributed by atoms with van der Waals surface area (Å²) in [4.78, 5) is 14.2. The summed E-state index contributed by atoms with van der Waals surface area (Å²) >= 11 is 0. The largest absolute Gasteiger partial charge is 0.348 e. The molecule has 3 aromatic rings. The van der Waals surface area contributed by atoms with Crippen LogP contribution in [0.2, 0.25) is 0 Å². The van der Waals surface area contributed by atoms with Crippen LogP contribution >= 0.6 is 0 Å². The summed E-state index contributed by atoms with van der Waals surface area (Å²) in [5.74, 6) is 0. The van der Waals surface area contributed by atoms with Gasteiger partial charge in [-0.1, -0.05) is 0 Å². The number of H-pyrrole nitrogens is 1. The number of aromatic nitrogens is 4. The first-order chi connectivity index (χ1) is 12.3. The Kier molecular flexibility index (Phi) is 4.46. The van der Waals surface area contributed by atoms with Gasteiger partial charge >= 0.3 is 0 Å². The van der Waals surface area contributed by atoms with Crippen LogP contribution in [0, 0.1) is 11.3 Å². The van der Waals surface area contributed by atoms with Crippen molar-refractivity contribution in [1.82, 2.24) is 29.7 Å². The molecule has 0 radical (unpaired) electrons. The van der Waals surface area contributed by atoms with Crippen LogP contribution in [0.1, 0.15) is 12.5 Å². The highest BCUT2D eigenvalue weighted by Crippen LogP contribution is 2.26. The average Bonchev–Trinajstić information content (AvgIpc) is 3.31. The van der Waals surface area contributed by atoms with E-state index in [-0.39, 0.29) is 6.04 Å². The fourth-order valence-corrected chi connectivity index (χ4v) is 3.44. The second kappa shape index (κ2) is 7.05. The van der Waals surface area contributed by atoms with Crippen molar-refractivity contribution >= 4 is 11.0 Å². The van der Waals surface area contributed by atoms with E-state index in [1.807, 2.05) is 12.3 Å². The van der Waals surface area contributed by atoms with Crippen molar-refractivity contribution in [3.63, 3.8) is 0 Å². The van der Waals surface area contributed by atoms with E-state index in [1.54, 1.807) is 6.33 Å². The monoisotopic (exact) mass is 335 g/mol. The second-order valence-electron chi connectivity index (χ2n) is 6.38. The normalized spacial score (nSPS) is 16.8. The van der Waals surface area contributed by atoms with E-state index in [9.17, 15) is 5.26 Å². The first-order valence-corrected chi connectivity index (χ1v) is 8.61. The van der Waals surface area contributed by atoms with Crippen molar-refractivity contribution in [2.45, 2.75) is 12.5 Å². The van der Waals surface area contributed by atoms with E-state index < -0.39 is 0 Å². The van der Waals surface area contributed by atoms with E-state index in [0.717, 1.165) is 55.0 Å². The number of nitrogens with zero attached hydrogens (tertiary/aromatic N) is 5. The van der Waals surface area contributed by atoms with Crippen molar-refractivity contribution in [1.29, 1.82) is 5.26 Å². The Labute approximate surface area is 146 Å². The average molecular weight is 335 g/mol. The van der Waals surface area contributed by atoms with Gasteiger partial charge in [-0.2, -0.15) is 5.26 Å². The van der Waals surface area contributed by atoms with E-state index in [0.29, 0.717) is 6.42 Å². The lowest BCUT2D eigenvalue weighted by molar-refractivity contribution is 0.207. The number of rotatable bonds is 5. The van der Waals surface area contributed by atoms with Crippen molar-refractivity contribution in [2.75, 3.05) is 32.7 Å². The predicted molar refractivity (Wildman–Crippen MR) is 95.9 cm³/mol. The van der Waals surface area contributed by atoms with Crippen molar-refractivity contribution in [3.05, 3.63) is 37.1 Å².